The molecule has 2 aliphatic heterocycles. The number of hydrogen-bond acceptors (Lipinski definition) is 5. The van der Waals surface area contributed by atoms with Crippen LogP contribution < -0.4 is 14.4 Å². The highest BCUT2D eigenvalue weighted by Gasteiger charge is 2.32. The molecule has 0 bridgehead atoms. The van der Waals surface area contributed by atoms with Crippen molar-refractivity contribution in [3.8, 4) is 11.5 Å². The third kappa shape index (κ3) is 4.71. The largest absolute Gasteiger partial charge is 0.495 e. The maximum absolute atomic E-state index is 12.5. The fourth-order valence-electron chi connectivity index (χ4n) is 3.44. The molecule has 1 saturated heterocycles. The van der Waals surface area contributed by atoms with Crippen molar-refractivity contribution in [1.82, 2.24) is 4.90 Å². The molecule has 0 atom stereocenters. The summed E-state index contributed by atoms with van der Waals surface area (Å²) < 4.78 is 17.2. The molecule has 0 unspecified atom stereocenters. The van der Waals surface area contributed by atoms with E-state index in [1.807, 2.05) is 32.9 Å². The van der Waals surface area contributed by atoms with Gasteiger partial charge in [-0.15, -0.1) is 0 Å². The highest BCUT2D eigenvalue weighted by Crippen LogP contribution is 2.41. The molecule has 2 aliphatic rings. The van der Waals surface area contributed by atoms with Crippen molar-refractivity contribution >= 4 is 33.6 Å². The van der Waals surface area contributed by atoms with E-state index in [-0.39, 0.29) is 18.6 Å². The summed E-state index contributed by atoms with van der Waals surface area (Å²) in [6, 6.07) is 3.66. The predicted octanol–water partition coefficient (Wildman–Crippen LogP) is 3.83. The number of carbonyl (C=O) groups is 2. The molecule has 0 spiro atoms. The molecule has 2 heterocycles. The standard InChI is InChI=1S/C20H27BrN2O5/c1-20(2,3)28-19(25)22-7-5-13(6-8-22)11-23-15-10-16(26-4)14(21)9-17(15)27-12-18(23)24/h9-10,13H,5-8,11-12H2,1-4H3. The van der Waals surface area contributed by atoms with Crippen molar-refractivity contribution in [1.29, 1.82) is 0 Å². The second kappa shape index (κ2) is 8.19. The SMILES string of the molecule is COc1cc2c(cc1Br)OCC(=O)N2CC1CCN(C(=O)OC(C)(C)C)CC1. The number of benzene rings is 1. The number of rotatable bonds is 3. The second-order valence-electron chi connectivity index (χ2n) is 8.16. The van der Waals surface area contributed by atoms with E-state index in [1.165, 1.54) is 0 Å². The summed E-state index contributed by atoms with van der Waals surface area (Å²) in [6.07, 6.45) is 1.38. The van der Waals surface area contributed by atoms with Crippen molar-refractivity contribution in [2.45, 2.75) is 39.2 Å². The van der Waals surface area contributed by atoms with E-state index in [9.17, 15) is 9.59 Å². The summed E-state index contributed by atoms with van der Waals surface area (Å²) in [7, 11) is 1.59. The maximum Gasteiger partial charge on any atom is 0.410 e. The Morgan fingerprint density at radius 2 is 1.96 bits per heavy atom. The molecule has 0 N–H and O–H groups in total. The van der Waals surface area contributed by atoms with Gasteiger partial charge in [-0.2, -0.15) is 0 Å². The van der Waals surface area contributed by atoms with Gasteiger partial charge in [-0.1, -0.05) is 0 Å². The third-order valence-corrected chi connectivity index (χ3v) is 5.50. The highest BCUT2D eigenvalue weighted by molar-refractivity contribution is 9.10. The first-order chi connectivity index (χ1) is 13.2. The Balaban J connectivity index is 1.65. The van der Waals surface area contributed by atoms with Crippen LogP contribution >= 0.6 is 15.9 Å². The van der Waals surface area contributed by atoms with Crippen LogP contribution in [0.5, 0.6) is 11.5 Å². The van der Waals surface area contributed by atoms with Crippen LogP contribution in [0.2, 0.25) is 0 Å². The zero-order valence-electron chi connectivity index (χ0n) is 16.8. The minimum Gasteiger partial charge on any atom is -0.495 e. The molecule has 1 aromatic carbocycles. The number of fused-ring (bicyclic) bond motifs is 1. The number of hydrogen-bond donors (Lipinski definition) is 0. The van der Waals surface area contributed by atoms with Gasteiger partial charge < -0.3 is 24.0 Å². The number of ether oxygens (including phenoxy) is 3. The Morgan fingerprint density at radius 1 is 1.29 bits per heavy atom. The first-order valence-corrected chi connectivity index (χ1v) is 10.3. The van der Waals surface area contributed by atoms with Crippen LogP contribution in [-0.2, 0) is 9.53 Å². The number of likely N-dealkylation sites (tertiary alicyclic amines) is 1. The van der Waals surface area contributed by atoms with Crippen molar-refractivity contribution in [3.63, 3.8) is 0 Å². The molecule has 1 aromatic rings. The van der Waals surface area contributed by atoms with Crippen LogP contribution in [0.15, 0.2) is 16.6 Å². The Morgan fingerprint density at radius 3 is 2.57 bits per heavy atom. The Kier molecular flexibility index (Phi) is 6.07. The first-order valence-electron chi connectivity index (χ1n) is 9.46. The number of halogens is 1. The van der Waals surface area contributed by atoms with Gasteiger partial charge in [0, 0.05) is 31.8 Å². The highest BCUT2D eigenvalue weighted by atomic mass is 79.9. The molecular weight excluding hydrogens is 428 g/mol. The molecule has 0 aliphatic carbocycles. The van der Waals surface area contributed by atoms with E-state index < -0.39 is 5.60 Å². The molecule has 0 aromatic heterocycles. The fourth-order valence-corrected chi connectivity index (χ4v) is 3.93. The molecule has 8 heteroatoms. The number of carbonyl (C=O) groups excluding carboxylic acids is 2. The smallest absolute Gasteiger partial charge is 0.410 e. The van der Waals surface area contributed by atoms with E-state index in [0.717, 1.165) is 23.0 Å². The molecular formula is C20H27BrN2O5. The predicted molar refractivity (Wildman–Crippen MR) is 109 cm³/mol. The van der Waals surface area contributed by atoms with Crippen molar-refractivity contribution in [2.75, 3.05) is 38.3 Å². The summed E-state index contributed by atoms with van der Waals surface area (Å²) in [6.45, 7) is 7.50. The van der Waals surface area contributed by atoms with Gasteiger partial charge >= 0.3 is 6.09 Å². The van der Waals surface area contributed by atoms with E-state index in [4.69, 9.17) is 14.2 Å². The fraction of sp³-hybridized carbons (Fsp3) is 0.600. The lowest BCUT2D eigenvalue weighted by Crippen LogP contribution is -2.46. The van der Waals surface area contributed by atoms with Gasteiger partial charge in [-0.05, 0) is 55.5 Å². The average Bonchev–Trinajstić information content (AvgIpc) is 2.63. The van der Waals surface area contributed by atoms with E-state index >= 15 is 0 Å². The number of nitrogens with zero attached hydrogens (tertiary/aromatic N) is 2. The lowest BCUT2D eigenvalue weighted by molar-refractivity contribution is -0.121. The lowest BCUT2D eigenvalue weighted by atomic mass is 9.96. The van der Waals surface area contributed by atoms with Crippen LogP contribution in [0, 0.1) is 5.92 Å². The minimum absolute atomic E-state index is 0.0303. The first kappa shape index (κ1) is 20.8. The van der Waals surface area contributed by atoms with E-state index in [0.29, 0.717) is 37.1 Å². The van der Waals surface area contributed by atoms with Crippen molar-refractivity contribution < 1.29 is 23.8 Å². The average molecular weight is 455 g/mol. The Hall–Kier alpha value is -1.96. The van der Waals surface area contributed by atoms with Gasteiger partial charge in [-0.25, -0.2) is 4.79 Å². The van der Waals surface area contributed by atoms with Gasteiger partial charge in [-0.3, -0.25) is 4.79 Å². The van der Waals surface area contributed by atoms with E-state index in [1.54, 1.807) is 16.9 Å². The number of piperidine rings is 1. The molecule has 7 nitrogen and oxygen atoms in total. The molecule has 0 radical (unpaired) electrons. The van der Waals surface area contributed by atoms with Gasteiger partial charge in [0.15, 0.2) is 6.61 Å². The van der Waals surface area contributed by atoms with Crippen LogP contribution in [0.3, 0.4) is 0 Å². The van der Waals surface area contributed by atoms with Crippen LogP contribution in [0.4, 0.5) is 10.5 Å². The summed E-state index contributed by atoms with van der Waals surface area (Å²) in [4.78, 5) is 28.3. The minimum atomic E-state index is -0.495. The molecule has 154 valence electrons. The number of methoxy groups -OCH3 is 1. The topological polar surface area (TPSA) is 68.3 Å². The lowest BCUT2D eigenvalue weighted by Gasteiger charge is -2.37. The molecule has 3 rings (SSSR count). The van der Waals surface area contributed by atoms with Crippen LogP contribution in [0.1, 0.15) is 33.6 Å². The normalized spacial score (nSPS) is 17.8. The van der Waals surface area contributed by atoms with Gasteiger partial charge in [0.1, 0.15) is 17.1 Å². The zero-order chi connectivity index (χ0) is 20.5. The van der Waals surface area contributed by atoms with E-state index in [2.05, 4.69) is 15.9 Å². The van der Waals surface area contributed by atoms with Gasteiger partial charge in [0.05, 0.1) is 17.3 Å². The molecule has 0 saturated carbocycles. The number of amides is 2. The van der Waals surface area contributed by atoms with Crippen molar-refractivity contribution in [3.05, 3.63) is 16.6 Å². The molecule has 2 amide bonds. The monoisotopic (exact) mass is 454 g/mol. The summed E-state index contributed by atoms with van der Waals surface area (Å²) in [5.41, 5.74) is 0.233. The zero-order valence-corrected chi connectivity index (χ0v) is 18.4. The second-order valence-corrected chi connectivity index (χ2v) is 9.01. The molecule has 1 fully saturated rings. The van der Waals surface area contributed by atoms with Crippen LogP contribution in [-0.4, -0.2) is 55.9 Å². The third-order valence-electron chi connectivity index (χ3n) is 4.88. The Bertz CT molecular complexity index is 754. The van der Waals surface area contributed by atoms with Gasteiger partial charge in [0.25, 0.3) is 5.91 Å². The Labute approximate surface area is 174 Å². The number of anilines is 1. The molecule has 28 heavy (non-hydrogen) atoms. The quantitative estimate of drug-likeness (QED) is 0.693. The summed E-state index contributed by atoms with van der Waals surface area (Å²) in [5, 5.41) is 0. The van der Waals surface area contributed by atoms with Crippen LogP contribution in [0.25, 0.3) is 0 Å². The van der Waals surface area contributed by atoms with Crippen molar-refractivity contribution in [2.24, 2.45) is 5.92 Å². The van der Waals surface area contributed by atoms with Gasteiger partial charge in [0.2, 0.25) is 0 Å². The summed E-state index contributed by atoms with van der Waals surface area (Å²) >= 11 is 3.45. The maximum atomic E-state index is 12.5. The summed E-state index contributed by atoms with van der Waals surface area (Å²) in [5.74, 6) is 1.56.